The largest absolute Gasteiger partial charge is 0.337 e. The van der Waals surface area contributed by atoms with Gasteiger partial charge in [0, 0.05) is 26.2 Å². The van der Waals surface area contributed by atoms with Crippen molar-refractivity contribution in [2.24, 2.45) is 0 Å². The summed E-state index contributed by atoms with van der Waals surface area (Å²) >= 11 is 0. The van der Waals surface area contributed by atoms with Gasteiger partial charge in [-0.25, -0.2) is 0 Å². The number of hydrogen-bond donors (Lipinski definition) is 1. The summed E-state index contributed by atoms with van der Waals surface area (Å²) in [6.45, 7) is 4.40. The lowest BCUT2D eigenvalue weighted by Crippen LogP contribution is -2.29. The van der Waals surface area contributed by atoms with E-state index in [0.29, 0.717) is 5.69 Å². The zero-order valence-corrected chi connectivity index (χ0v) is 9.28. The lowest BCUT2D eigenvalue weighted by molar-refractivity contribution is 0.0786. The van der Waals surface area contributed by atoms with Crippen molar-refractivity contribution in [2.45, 2.75) is 25.9 Å². The van der Waals surface area contributed by atoms with Crippen LogP contribution in [0, 0.1) is 0 Å². The Kier molecular flexibility index (Phi) is 2.40. The summed E-state index contributed by atoms with van der Waals surface area (Å²) in [7, 11) is 0. The van der Waals surface area contributed by atoms with Gasteiger partial charge in [0.2, 0.25) is 0 Å². The van der Waals surface area contributed by atoms with Crippen molar-refractivity contribution < 1.29 is 4.79 Å². The number of rotatable bonds is 1. The number of nitrogens with one attached hydrogen (secondary N) is 1. The molecule has 1 aromatic rings. The number of carbonyl (C=O) groups is 1. The first kappa shape index (κ1) is 9.84. The van der Waals surface area contributed by atoms with Crippen LogP contribution in [0.1, 0.15) is 29.0 Å². The quantitative estimate of drug-likeness (QED) is 0.736. The zero-order valence-electron chi connectivity index (χ0n) is 9.28. The number of aromatic nitrogens is 2. The highest BCUT2D eigenvalue weighted by Gasteiger charge is 2.23. The number of amides is 1. The van der Waals surface area contributed by atoms with Crippen LogP contribution in [0.4, 0.5) is 0 Å². The monoisotopic (exact) mass is 220 g/mol. The van der Waals surface area contributed by atoms with E-state index in [1.165, 1.54) is 0 Å². The number of carbonyl (C=O) groups excluding carboxylic acids is 1. The van der Waals surface area contributed by atoms with Gasteiger partial charge in [-0.3, -0.25) is 9.48 Å². The molecule has 0 aromatic carbocycles. The van der Waals surface area contributed by atoms with E-state index in [2.05, 4.69) is 10.4 Å². The molecule has 0 bridgehead atoms. The van der Waals surface area contributed by atoms with E-state index in [0.717, 1.165) is 51.3 Å². The minimum absolute atomic E-state index is 0.0967. The molecule has 0 radical (unpaired) electrons. The van der Waals surface area contributed by atoms with Crippen molar-refractivity contribution in [2.75, 3.05) is 19.6 Å². The van der Waals surface area contributed by atoms with Gasteiger partial charge in [-0.2, -0.15) is 5.10 Å². The average molecular weight is 220 g/mol. The molecule has 1 N–H and O–H groups in total. The highest BCUT2D eigenvalue weighted by Crippen LogP contribution is 2.14. The summed E-state index contributed by atoms with van der Waals surface area (Å²) in [6.07, 6.45) is 2.25. The number of hydrogen-bond acceptors (Lipinski definition) is 3. The SMILES string of the molecule is O=C(c1cc2n(n1)CCNC2)N1CCCC1. The van der Waals surface area contributed by atoms with Crippen molar-refractivity contribution in [1.82, 2.24) is 20.0 Å². The normalized spacial score (nSPS) is 19.9. The summed E-state index contributed by atoms with van der Waals surface area (Å²) < 4.78 is 1.94. The number of nitrogens with zero attached hydrogens (tertiary/aromatic N) is 3. The molecule has 5 nitrogen and oxygen atoms in total. The van der Waals surface area contributed by atoms with Crippen LogP contribution in [-0.2, 0) is 13.1 Å². The van der Waals surface area contributed by atoms with E-state index in [9.17, 15) is 4.79 Å². The van der Waals surface area contributed by atoms with Gasteiger partial charge in [-0.05, 0) is 18.9 Å². The third kappa shape index (κ3) is 1.61. The maximum Gasteiger partial charge on any atom is 0.274 e. The fraction of sp³-hybridized carbons (Fsp3) is 0.636. The molecule has 1 saturated heterocycles. The Balaban J connectivity index is 1.83. The van der Waals surface area contributed by atoms with Crippen LogP contribution in [0.2, 0.25) is 0 Å². The minimum atomic E-state index is 0.0967. The Bertz CT molecular complexity index is 383. The number of fused-ring (bicyclic) bond motifs is 1. The van der Waals surface area contributed by atoms with Crippen molar-refractivity contribution >= 4 is 5.91 Å². The van der Waals surface area contributed by atoms with E-state index >= 15 is 0 Å². The molecule has 5 heteroatoms. The van der Waals surface area contributed by atoms with E-state index < -0.39 is 0 Å². The molecule has 0 unspecified atom stereocenters. The molecule has 0 spiro atoms. The predicted molar refractivity (Wildman–Crippen MR) is 59.1 cm³/mol. The van der Waals surface area contributed by atoms with Crippen LogP contribution in [0.3, 0.4) is 0 Å². The maximum atomic E-state index is 12.1. The second kappa shape index (κ2) is 3.90. The molecule has 0 saturated carbocycles. The second-order valence-electron chi connectivity index (χ2n) is 4.42. The lowest BCUT2D eigenvalue weighted by Gasteiger charge is -2.14. The Morgan fingerprint density at radius 3 is 2.88 bits per heavy atom. The molecular weight excluding hydrogens is 204 g/mol. The molecule has 86 valence electrons. The van der Waals surface area contributed by atoms with E-state index in [4.69, 9.17) is 0 Å². The highest BCUT2D eigenvalue weighted by atomic mass is 16.2. The van der Waals surface area contributed by atoms with Gasteiger partial charge in [-0.15, -0.1) is 0 Å². The summed E-state index contributed by atoms with van der Waals surface area (Å²) in [5.74, 6) is 0.0967. The predicted octanol–water partition coefficient (Wildman–Crippen LogP) is 0.222. The molecule has 16 heavy (non-hydrogen) atoms. The van der Waals surface area contributed by atoms with Gasteiger partial charge in [0.1, 0.15) is 0 Å². The fourth-order valence-corrected chi connectivity index (χ4v) is 2.38. The standard InChI is InChI=1S/C11H16N4O/c16-11(14-4-1-2-5-14)10-7-9-8-12-3-6-15(9)13-10/h7,12H,1-6,8H2. The first-order valence-electron chi connectivity index (χ1n) is 5.91. The van der Waals surface area contributed by atoms with Crippen LogP contribution in [-0.4, -0.2) is 40.2 Å². The first-order chi connectivity index (χ1) is 7.84. The van der Waals surface area contributed by atoms with Gasteiger partial charge in [-0.1, -0.05) is 0 Å². The Morgan fingerprint density at radius 1 is 1.31 bits per heavy atom. The highest BCUT2D eigenvalue weighted by molar-refractivity contribution is 5.92. The molecule has 0 atom stereocenters. The number of likely N-dealkylation sites (tertiary alicyclic amines) is 1. The topological polar surface area (TPSA) is 50.2 Å². The van der Waals surface area contributed by atoms with Crippen LogP contribution < -0.4 is 5.32 Å². The maximum absolute atomic E-state index is 12.1. The Morgan fingerprint density at radius 2 is 2.12 bits per heavy atom. The minimum Gasteiger partial charge on any atom is -0.337 e. The van der Waals surface area contributed by atoms with Gasteiger partial charge >= 0.3 is 0 Å². The van der Waals surface area contributed by atoms with Crippen LogP contribution >= 0.6 is 0 Å². The lowest BCUT2D eigenvalue weighted by atomic mass is 10.3. The summed E-state index contributed by atoms with van der Waals surface area (Å²) in [5.41, 5.74) is 1.73. The second-order valence-corrected chi connectivity index (χ2v) is 4.42. The van der Waals surface area contributed by atoms with E-state index in [1.54, 1.807) is 0 Å². The summed E-state index contributed by atoms with van der Waals surface area (Å²) in [6, 6.07) is 1.92. The van der Waals surface area contributed by atoms with Crippen molar-refractivity contribution in [1.29, 1.82) is 0 Å². The van der Waals surface area contributed by atoms with Crippen LogP contribution in [0.25, 0.3) is 0 Å². The molecule has 2 aliphatic rings. The van der Waals surface area contributed by atoms with E-state index in [-0.39, 0.29) is 5.91 Å². The van der Waals surface area contributed by atoms with Gasteiger partial charge in [0.25, 0.3) is 5.91 Å². The van der Waals surface area contributed by atoms with Crippen LogP contribution in [0.5, 0.6) is 0 Å². The Labute approximate surface area is 94.4 Å². The van der Waals surface area contributed by atoms with Crippen LogP contribution in [0.15, 0.2) is 6.07 Å². The first-order valence-corrected chi connectivity index (χ1v) is 5.91. The zero-order chi connectivity index (χ0) is 11.0. The average Bonchev–Trinajstić information content (AvgIpc) is 2.97. The molecule has 0 aliphatic carbocycles. The molecular formula is C11H16N4O. The molecule has 3 heterocycles. The fourth-order valence-electron chi connectivity index (χ4n) is 2.38. The third-order valence-corrected chi connectivity index (χ3v) is 3.28. The summed E-state index contributed by atoms with van der Waals surface area (Å²) in [5, 5.41) is 7.66. The smallest absolute Gasteiger partial charge is 0.274 e. The van der Waals surface area contributed by atoms with Crippen molar-refractivity contribution in [3.05, 3.63) is 17.5 Å². The molecule has 1 amide bonds. The molecule has 2 aliphatic heterocycles. The Hall–Kier alpha value is -1.36. The van der Waals surface area contributed by atoms with Gasteiger partial charge in [0.05, 0.1) is 12.2 Å². The van der Waals surface area contributed by atoms with Crippen molar-refractivity contribution in [3.8, 4) is 0 Å². The van der Waals surface area contributed by atoms with Gasteiger partial charge < -0.3 is 10.2 Å². The van der Waals surface area contributed by atoms with Crippen molar-refractivity contribution in [3.63, 3.8) is 0 Å². The summed E-state index contributed by atoms with van der Waals surface area (Å²) in [4.78, 5) is 14.0. The molecule has 1 aromatic heterocycles. The molecule has 3 rings (SSSR count). The van der Waals surface area contributed by atoms with Gasteiger partial charge in [0.15, 0.2) is 5.69 Å². The van der Waals surface area contributed by atoms with E-state index in [1.807, 2.05) is 15.6 Å². The third-order valence-electron chi connectivity index (χ3n) is 3.28. The molecule has 1 fully saturated rings.